The van der Waals surface area contributed by atoms with Crippen molar-refractivity contribution in [3.63, 3.8) is 0 Å². The SMILES string of the molecule is COc1ccc(C(O)CC2CCC2)cc1Cl. The van der Waals surface area contributed by atoms with Gasteiger partial charge in [-0.1, -0.05) is 36.9 Å². The minimum absolute atomic E-state index is 0.395. The number of rotatable bonds is 4. The van der Waals surface area contributed by atoms with Crippen LogP contribution in [0.2, 0.25) is 5.02 Å². The first-order valence-corrected chi connectivity index (χ1v) is 6.10. The molecule has 0 aliphatic heterocycles. The van der Waals surface area contributed by atoms with E-state index in [0.29, 0.717) is 16.7 Å². The Labute approximate surface area is 101 Å². The van der Waals surface area contributed by atoms with Gasteiger partial charge in [-0.05, 0) is 30.0 Å². The van der Waals surface area contributed by atoms with Gasteiger partial charge < -0.3 is 9.84 Å². The summed E-state index contributed by atoms with van der Waals surface area (Å²) in [7, 11) is 1.59. The Morgan fingerprint density at radius 2 is 2.25 bits per heavy atom. The van der Waals surface area contributed by atoms with Crippen molar-refractivity contribution in [1.82, 2.24) is 0 Å². The Morgan fingerprint density at radius 1 is 1.50 bits per heavy atom. The Hall–Kier alpha value is -0.730. The third-order valence-electron chi connectivity index (χ3n) is 3.34. The summed E-state index contributed by atoms with van der Waals surface area (Å²) in [4.78, 5) is 0. The van der Waals surface area contributed by atoms with Crippen molar-refractivity contribution < 1.29 is 9.84 Å². The molecular formula is C13H17ClO2. The molecule has 0 radical (unpaired) electrons. The van der Waals surface area contributed by atoms with E-state index in [1.165, 1.54) is 19.3 Å². The van der Waals surface area contributed by atoms with Crippen LogP contribution in [0.25, 0.3) is 0 Å². The van der Waals surface area contributed by atoms with Crippen LogP contribution in [-0.2, 0) is 0 Å². The van der Waals surface area contributed by atoms with Gasteiger partial charge >= 0.3 is 0 Å². The van der Waals surface area contributed by atoms with Crippen LogP contribution in [0.3, 0.4) is 0 Å². The van der Waals surface area contributed by atoms with Crippen LogP contribution in [0.1, 0.15) is 37.4 Å². The zero-order valence-corrected chi connectivity index (χ0v) is 10.2. The van der Waals surface area contributed by atoms with Crippen LogP contribution in [0.15, 0.2) is 18.2 Å². The highest BCUT2D eigenvalue weighted by Gasteiger charge is 2.22. The lowest BCUT2D eigenvalue weighted by Gasteiger charge is -2.27. The molecule has 88 valence electrons. The molecule has 0 spiro atoms. The van der Waals surface area contributed by atoms with Gasteiger partial charge in [0.2, 0.25) is 0 Å². The summed E-state index contributed by atoms with van der Waals surface area (Å²) >= 11 is 6.02. The number of benzene rings is 1. The van der Waals surface area contributed by atoms with E-state index in [1.807, 2.05) is 12.1 Å². The van der Waals surface area contributed by atoms with E-state index >= 15 is 0 Å². The first-order valence-electron chi connectivity index (χ1n) is 5.72. The maximum atomic E-state index is 10.0. The fraction of sp³-hybridized carbons (Fsp3) is 0.538. The smallest absolute Gasteiger partial charge is 0.137 e. The maximum Gasteiger partial charge on any atom is 0.137 e. The normalized spacial score (nSPS) is 17.9. The minimum atomic E-state index is -0.395. The molecule has 16 heavy (non-hydrogen) atoms. The molecule has 0 amide bonds. The highest BCUT2D eigenvalue weighted by atomic mass is 35.5. The van der Waals surface area contributed by atoms with Gasteiger partial charge in [-0.3, -0.25) is 0 Å². The summed E-state index contributed by atoms with van der Waals surface area (Å²) in [5.74, 6) is 1.34. The number of hydrogen-bond acceptors (Lipinski definition) is 2. The predicted octanol–water partition coefficient (Wildman–Crippen LogP) is 3.57. The van der Waals surface area contributed by atoms with E-state index in [-0.39, 0.29) is 0 Å². The van der Waals surface area contributed by atoms with Gasteiger partial charge in [-0.15, -0.1) is 0 Å². The molecule has 1 unspecified atom stereocenters. The Kier molecular flexibility index (Phi) is 3.72. The standard InChI is InChI=1S/C13H17ClO2/c1-16-13-6-5-10(8-11(13)14)12(15)7-9-3-2-4-9/h5-6,8-9,12,15H,2-4,7H2,1H3. The van der Waals surface area contributed by atoms with Crippen molar-refractivity contribution in [3.8, 4) is 5.75 Å². The zero-order chi connectivity index (χ0) is 11.5. The number of hydrogen-bond donors (Lipinski definition) is 1. The number of aliphatic hydroxyl groups is 1. The summed E-state index contributed by atoms with van der Waals surface area (Å²) in [5.41, 5.74) is 0.887. The lowest BCUT2D eigenvalue weighted by Crippen LogP contribution is -2.14. The maximum absolute atomic E-state index is 10.0. The van der Waals surface area contributed by atoms with Crippen LogP contribution < -0.4 is 4.74 Å². The van der Waals surface area contributed by atoms with Crippen molar-refractivity contribution in [3.05, 3.63) is 28.8 Å². The second-order valence-corrected chi connectivity index (χ2v) is 4.85. The second-order valence-electron chi connectivity index (χ2n) is 4.44. The molecule has 0 heterocycles. The summed E-state index contributed by atoms with van der Waals surface area (Å²) in [5, 5.41) is 10.6. The number of aliphatic hydroxyl groups excluding tert-OH is 1. The molecule has 2 nitrogen and oxygen atoms in total. The average molecular weight is 241 g/mol. The number of methoxy groups -OCH3 is 1. The van der Waals surface area contributed by atoms with E-state index in [4.69, 9.17) is 16.3 Å². The molecule has 0 saturated heterocycles. The monoisotopic (exact) mass is 240 g/mol. The van der Waals surface area contributed by atoms with E-state index in [9.17, 15) is 5.11 Å². The van der Waals surface area contributed by atoms with E-state index < -0.39 is 6.10 Å². The van der Waals surface area contributed by atoms with Crippen molar-refractivity contribution in [2.75, 3.05) is 7.11 Å². The molecule has 1 aromatic carbocycles. The molecular weight excluding hydrogens is 224 g/mol. The van der Waals surface area contributed by atoms with Crippen LogP contribution >= 0.6 is 11.6 Å². The fourth-order valence-electron chi connectivity index (χ4n) is 2.07. The molecule has 1 atom stereocenters. The van der Waals surface area contributed by atoms with Crippen LogP contribution in [-0.4, -0.2) is 12.2 Å². The van der Waals surface area contributed by atoms with Gasteiger partial charge in [0.1, 0.15) is 5.75 Å². The van der Waals surface area contributed by atoms with Gasteiger partial charge in [0.05, 0.1) is 18.2 Å². The summed E-state index contributed by atoms with van der Waals surface area (Å²) in [6.45, 7) is 0. The topological polar surface area (TPSA) is 29.5 Å². The third kappa shape index (κ3) is 2.50. The van der Waals surface area contributed by atoms with E-state index in [2.05, 4.69) is 0 Å². The molecule has 0 aromatic heterocycles. The molecule has 1 aliphatic rings. The quantitative estimate of drug-likeness (QED) is 0.872. The first-order chi connectivity index (χ1) is 7.70. The highest BCUT2D eigenvalue weighted by molar-refractivity contribution is 6.32. The van der Waals surface area contributed by atoms with Crippen molar-refractivity contribution in [2.24, 2.45) is 5.92 Å². The summed E-state index contributed by atoms with van der Waals surface area (Å²) in [6, 6.07) is 5.49. The van der Waals surface area contributed by atoms with Gasteiger partial charge in [-0.25, -0.2) is 0 Å². The van der Waals surface area contributed by atoms with Crippen LogP contribution in [0, 0.1) is 5.92 Å². The van der Waals surface area contributed by atoms with Gasteiger partial charge in [0.15, 0.2) is 0 Å². The Morgan fingerprint density at radius 3 is 2.75 bits per heavy atom. The zero-order valence-electron chi connectivity index (χ0n) is 9.45. The van der Waals surface area contributed by atoms with E-state index in [0.717, 1.165) is 12.0 Å². The van der Waals surface area contributed by atoms with Crippen molar-refractivity contribution in [2.45, 2.75) is 31.8 Å². The van der Waals surface area contributed by atoms with Crippen LogP contribution in [0.5, 0.6) is 5.75 Å². The molecule has 0 bridgehead atoms. The largest absolute Gasteiger partial charge is 0.495 e. The average Bonchev–Trinajstić information content (AvgIpc) is 2.23. The number of ether oxygens (including phenoxy) is 1. The molecule has 3 heteroatoms. The van der Waals surface area contributed by atoms with Crippen LogP contribution in [0.4, 0.5) is 0 Å². The second kappa shape index (κ2) is 5.07. The Bertz CT molecular complexity index is 361. The van der Waals surface area contributed by atoms with Gasteiger partial charge in [-0.2, -0.15) is 0 Å². The minimum Gasteiger partial charge on any atom is -0.495 e. The van der Waals surface area contributed by atoms with Crippen molar-refractivity contribution >= 4 is 11.6 Å². The first kappa shape index (κ1) is 11.7. The molecule has 1 aromatic rings. The molecule has 1 fully saturated rings. The summed E-state index contributed by atoms with van der Waals surface area (Å²) in [6.07, 6.45) is 4.26. The molecule has 1 saturated carbocycles. The number of halogens is 1. The van der Waals surface area contributed by atoms with Gasteiger partial charge in [0.25, 0.3) is 0 Å². The van der Waals surface area contributed by atoms with E-state index in [1.54, 1.807) is 13.2 Å². The Balaban J connectivity index is 2.04. The fourth-order valence-corrected chi connectivity index (χ4v) is 2.34. The lowest BCUT2D eigenvalue weighted by atomic mass is 9.80. The molecule has 1 N–H and O–H groups in total. The summed E-state index contributed by atoms with van der Waals surface area (Å²) < 4.78 is 5.08. The highest BCUT2D eigenvalue weighted by Crippen LogP contribution is 2.36. The van der Waals surface area contributed by atoms with Crippen molar-refractivity contribution in [1.29, 1.82) is 0 Å². The lowest BCUT2D eigenvalue weighted by molar-refractivity contribution is 0.118. The molecule has 2 rings (SSSR count). The van der Waals surface area contributed by atoms with Gasteiger partial charge in [0, 0.05) is 0 Å². The molecule has 1 aliphatic carbocycles. The third-order valence-corrected chi connectivity index (χ3v) is 3.64. The predicted molar refractivity (Wildman–Crippen MR) is 64.9 cm³/mol.